The average Bonchev–Trinajstić information content (AvgIpc) is 3.47. The van der Waals surface area contributed by atoms with Gasteiger partial charge in [-0.2, -0.15) is 4.31 Å². The Labute approximate surface area is 232 Å². The van der Waals surface area contributed by atoms with Gasteiger partial charge in [-0.15, -0.1) is 11.3 Å². The number of thiophene rings is 1. The maximum absolute atomic E-state index is 13.2. The van der Waals surface area contributed by atoms with Gasteiger partial charge in [-0.05, 0) is 72.7 Å². The maximum atomic E-state index is 13.2. The van der Waals surface area contributed by atoms with E-state index in [0.717, 1.165) is 16.9 Å². The van der Waals surface area contributed by atoms with Gasteiger partial charge >= 0.3 is 0 Å². The largest absolute Gasteiger partial charge is 0.454 e. The first kappa shape index (κ1) is 27.2. The number of carbonyl (C=O) groups is 2. The van der Waals surface area contributed by atoms with Crippen LogP contribution in [0.4, 0.5) is 5.00 Å². The molecule has 2 aliphatic rings. The smallest absolute Gasteiger partial charge is 0.256 e. The molecule has 39 heavy (non-hydrogen) atoms. The van der Waals surface area contributed by atoms with Crippen LogP contribution in [0, 0.1) is 18.8 Å². The molecule has 1 aromatic heterocycles. The number of hydrogen-bond donors (Lipinski definition) is 2. The SMILES string of the molecule is Cc1c(Cc2ccc3c(c2)OCO3)sc(NC(=O)c2ccc(S(=O)(=O)N3CC(C)CC(C)C3)cc2)c1C(N)=O. The van der Waals surface area contributed by atoms with E-state index in [1.807, 2.05) is 18.2 Å². The molecule has 1 fully saturated rings. The molecule has 2 atom stereocenters. The fraction of sp³-hybridized carbons (Fsp3) is 0.357. The number of hydrogen-bond acceptors (Lipinski definition) is 7. The molecule has 1 saturated heterocycles. The van der Waals surface area contributed by atoms with Crippen LogP contribution in [-0.4, -0.2) is 44.4 Å². The summed E-state index contributed by atoms with van der Waals surface area (Å²) < 4.78 is 38.7. The highest BCUT2D eigenvalue weighted by molar-refractivity contribution is 7.89. The van der Waals surface area contributed by atoms with Crippen LogP contribution in [0.3, 0.4) is 0 Å². The summed E-state index contributed by atoms with van der Waals surface area (Å²) in [6.45, 7) is 7.06. The van der Waals surface area contributed by atoms with Gasteiger partial charge in [0.2, 0.25) is 16.8 Å². The molecule has 2 amide bonds. The van der Waals surface area contributed by atoms with E-state index >= 15 is 0 Å². The van der Waals surface area contributed by atoms with Crippen LogP contribution in [-0.2, 0) is 16.4 Å². The maximum Gasteiger partial charge on any atom is 0.256 e. The van der Waals surface area contributed by atoms with E-state index in [-0.39, 0.29) is 34.7 Å². The number of piperidine rings is 1. The molecule has 0 radical (unpaired) electrons. The van der Waals surface area contributed by atoms with Gasteiger partial charge in [-0.1, -0.05) is 19.9 Å². The van der Waals surface area contributed by atoms with Gasteiger partial charge in [0.15, 0.2) is 11.5 Å². The van der Waals surface area contributed by atoms with Crippen molar-refractivity contribution >= 4 is 38.2 Å². The third-order valence-electron chi connectivity index (χ3n) is 7.11. The zero-order valence-corrected chi connectivity index (χ0v) is 23.7. The Hall–Kier alpha value is -3.41. The summed E-state index contributed by atoms with van der Waals surface area (Å²) in [4.78, 5) is 26.4. The minimum atomic E-state index is -3.66. The second-order valence-electron chi connectivity index (χ2n) is 10.3. The predicted octanol–water partition coefficient (Wildman–Crippen LogP) is 4.39. The number of primary amides is 1. The molecule has 3 heterocycles. The molecule has 11 heteroatoms. The first-order chi connectivity index (χ1) is 18.5. The number of fused-ring (bicyclic) bond motifs is 1. The van der Waals surface area contributed by atoms with Gasteiger partial charge in [0.1, 0.15) is 5.00 Å². The van der Waals surface area contributed by atoms with Gasteiger partial charge in [0.25, 0.3) is 11.8 Å². The normalized spacial score (nSPS) is 19.2. The molecule has 3 aromatic rings. The van der Waals surface area contributed by atoms with Crippen molar-refractivity contribution in [1.29, 1.82) is 0 Å². The molecule has 206 valence electrons. The molecule has 2 unspecified atom stereocenters. The lowest BCUT2D eigenvalue weighted by Crippen LogP contribution is -2.42. The Balaban J connectivity index is 1.34. The molecule has 0 saturated carbocycles. The molecule has 2 aliphatic heterocycles. The second-order valence-corrected chi connectivity index (χ2v) is 13.4. The van der Waals surface area contributed by atoms with Crippen LogP contribution in [0.2, 0.25) is 0 Å². The molecule has 2 aromatic carbocycles. The van der Waals surface area contributed by atoms with Crippen molar-refractivity contribution in [2.45, 2.75) is 38.5 Å². The van der Waals surface area contributed by atoms with Crippen molar-refractivity contribution in [3.63, 3.8) is 0 Å². The Kier molecular flexibility index (Phi) is 7.41. The zero-order chi connectivity index (χ0) is 27.9. The van der Waals surface area contributed by atoms with E-state index in [1.165, 1.54) is 39.9 Å². The number of nitrogens with two attached hydrogens (primary N) is 1. The Morgan fingerprint density at radius 2 is 1.72 bits per heavy atom. The Bertz CT molecular complexity index is 1520. The highest BCUT2D eigenvalue weighted by Crippen LogP contribution is 2.37. The summed E-state index contributed by atoms with van der Waals surface area (Å²) in [6, 6.07) is 11.5. The predicted molar refractivity (Wildman–Crippen MR) is 149 cm³/mol. The van der Waals surface area contributed by atoms with Crippen molar-refractivity contribution in [2.75, 3.05) is 25.2 Å². The second kappa shape index (κ2) is 10.6. The standard InChI is InChI=1S/C28H31N3O6S2/c1-16-10-17(2)14-31(13-16)39(34,35)21-7-5-20(6-8-21)27(33)30-28-25(26(29)32)18(3)24(38-28)12-19-4-9-22-23(11-19)37-15-36-22/h4-9,11,16-17H,10,12-15H2,1-3H3,(H2,29,32)(H,30,33). The highest BCUT2D eigenvalue weighted by atomic mass is 32.2. The van der Waals surface area contributed by atoms with E-state index in [1.54, 1.807) is 6.92 Å². The molecule has 0 aliphatic carbocycles. The first-order valence-corrected chi connectivity index (χ1v) is 15.0. The number of rotatable bonds is 7. The van der Waals surface area contributed by atoms with E-state index in [0.29, 0.717) is 41.6 Å². The molecular weight excluding hydrogens is 538 g/mol. The number of sulfonamides is 1. The Morgan fingerprint density at radius 1 is 1.05 bits per heavy atom. The average molecular weight is 570 g/mol. The van der Waals surface area contributed by atoms with Crippen molar-refractivity contribution in [2.24, 2.45) is 17.6 Å². The first-order valence-electron chi connectivity index (χ1n) is 12.7. The van der Waals surface area contributed by atoms with Crippen LogP contribution in [0.1, 0.15) is 57.0 Å². The molecule has 5 rings (SSSR count). The Morgan fingerprint density at radius 3 is 2.38 bits per heavy atom. The highest BCUT2D eigenvalue weighted by Gasteiger charge is 2.32. The topological polar surface area (TPSA) is 128 Å². The van der Waals surface area contributed by atoms with Crippen molar-refractivity contribution in [3.8, 4) is 11.5 Å². The van der Waals surface area contributed by atoms with Crippen LogP contribution >= 0.6 is 11.3 Å². The molecule has 0 spiro atoms. The summed E-state index contributed by atoms with van der Waals surface area (Å²) in [7, 11) is -3.66. The number of carbonyl (C=O) groups excluding carboxylic acids is 2. The quantitative estimate of drug-likeness (QED) is 0.434. The van der Waals surface area contributed by atoms with Crippen molar-refractivity contribution in [3.05, 3.63) is 69.6 Å². The number of nitrogens with zero attached hydrogens (tertiary/aromatic N) is 1. The van der Waals surface area contributed by atoms with E-state index in [4.69, 9.17) is 15.2 Å². The van der Waals surface area contributed by atoms with Gasteiger partial charge in [-0.25, -0.2) is 8.42 Å². The van der Waals surface area contributed by atoms with Crippen molar-refractivity contribution in [1.82, 2.24) is 4.31 Å². The van der Waals surface area contributed by atoms with Gasteiger partial charge in [-0.3, -0.25) is 9.59 Å². The number of nitrogens with one attached hydrogen (secondary N) is 1. The van der Waals surface area contributed by atoms with E-state index in [2.05, 4.69) is 19.2 Å². The van der Waals surface area contributed by atoms with Crippen LogP contribution in [0.25, 0.3) is 0 Å². The minimum Gasteiger partial charge on any atom is -0.454 e. The van der Waals surface area contributed by atoms with Crippen LogP contribution in [0.15, 0.2) is 47.4 Å². The third-order valence-corrected chi connectivity index (χ3v) is 10.2. The van der Waals surface area contributed by atoms with Crippen LogP contribution < -0.4 is 20.5 Å². The fourth-order valence-corrected chi connectivity index (χ4v) is 8.17. The molecular formula is C28H31N3O6S2. The molecule has 9 nitrogen and oxygen atoms in total. The summed E-state index contributed by atoms with van der Waals surface area (Å²) in [6.07, 6.45) is 1.52. The third kappa shape index (κ3) is 5.52. The van der Waals surface area contributed by atoms with Gasteiger partial charge < -0.3 is 20.5 Å². The lowest BCUT2D eigenvalue weighted by atomic mass is 9.94. The monoisotopic (exact) mass is 569 g/mol. The summed E-state index contributed by atoms with van der Waals surface area (Å²) >= 11 is 1.28. The van der Waals surface area contributed by atoms with E-state index in [9.17, 15) is 18.0 Å². The summed E-state index contributed by atoms with van der Waals surface area (Å²) in [5, 5.41) is 3.16. The lowest BCUT2D eigenvalue weighted by Gasteiger charge is -2.34. The van der Waals surface area contributed by atoms with Gasteiger partial charge in [0.05, 0.1) is 10.5 Å². The minimum absolute atomic E-state index is 0.149. The zero-order valence-electron chi connectivity index (χ0n) is 22.0. The lowest BCUT2D eigenvalue weighted by molar-refractivity contribution is 0.100. The van der Waals surface area contributed by atoms with Crippen molar-refractivity contribution < 1.29 is 27.5 Å². The van der Waals surface area contributed by atoms with E-state index < -0.39 is 21.8 Å². The fourth-order valence-electron chi connectivity index (χ4n) is 5.25. The molecule has 0 bridgehead atoms. The van der Waals surface area contributed by atoms with Gasteiger partial charge in [0, 0.05) is 30.0 Å². The number of benzene rings is 2. The number of ether oxygens (including phenoxy) is 2. The number of anilines is 1. The van der Waals surface area contributed by atoms with Crippen LogP contribution in [0.5, 0.6) is 11.5 Å². The number of amides is 2. The molecule has 3 N–H and O–H groups in total. The summed E-state index contributed by atoms with van der Waals surface area (Å²) in [5.74, 6) is 0.834. The summed E-state index contributed by atoms with van der Waals surface area (Å²) in [5.41, 5.74) is 7.87.